The Balaban J connectivity index is 2.08. The Labute approximate surface area is 167 Å². The second-order valence-electron chi connectivity index (χ2n) is 6.34. The zero-order valence-corrected chi connectivity index (χ0v) is 15.9. The molecule has 0 fully saturated rings. The van der Waals surface area contributed by atoms with E-state index in [0.717, 1.165) is 5.56 Å². The van der Waals surface area contributed by atoms with Gasteiger partial charge in [0.1, 0.15) is 47.2 Å². The summed E-state index contributed by atoms with van der Waals surface area (Å²) in [5.74, 6) is 1.19. The Bertz CT molecular complexity index is 1200. The minimum atomic E-state index is -0.646. The van der Waals surface area contributed by atoms with E-state index in [2.05, 4.69) is 4.98 Å². The van der Waals surface area contributed by atoms with E-state index in [0.29, 0.717) is 22.6 Å². The van der Waals surface area contributed by atoms with Crippen molar-refractivity contribution in [1.29, 1.82) is 10.5 Å². The number of aromatic nitrogens is 1. The highest BCUT2D eigenvalue weighted by Gasteiger charge is 2.19. The molecule has 2 aromatic carbocycles. The number of anilines is 1. The molecule has 7 heteroatoms. The number of nitrogens with one attached hydrogen (secondary N) is 1. The molecule has 0 aliphatic carbocycles. The summed E-state index contributed by atoms with van der Waals surface area (Å²) in [5.41, 5.74) is 7.52. The summed E-state index contributed by atoms with van der Waals surface area (Å²) in [6, 6.07) is 16.5. The van der Waals surface area contributed by atoms with Gasteiger partial charge in [-0.3, -0.25) is 4.79 Å². The van der Waals surface area contributed by atoms with Crippen LogP contribution in [0.5, 0.6) is 11.5 Å². The van der Waals surface area contributed by atoms with Gasteiger partial charge in [-0.1, -0.05) is 23.8 Å². The summed E-state index contributed by atoms with van der Waals surface area (Å²) in [5, 5.41) is 19.0. The number of H-pyrrole nitrogens is 1. The van der Waals surface area contributed by atoms with Crippen LogP contribution in [0.4, 0.5) is 5.82 Å². The minimum Gasteiger partial charge on any atom is -0.496 e. The lowest BCUT2D eigenvalue weighted by molar-refractivity contribution is 0.296. The smallest absolute Gasteiger partial charge is 0.268 e. The molecule has 7 nitrogen and oxygen atoms in total. The van der Waals surface area contributed by atoms with E-state index in [1.807, 2.05) is 43.3 Å². The maximum atomic E-state index is 12.2. The summed E-state index contributed by atoms with van der Waals surface area (Å²) < 4.78 is 11.2. The number of benzene rings is 2. The minimum absolute atomic E-state index is 0.0386. The van der Waals surface area contributed by atoms with Crippen LogP contribution in [0.1, 0.15) is 22.3 Å². The molecule has 0 radical (unpaired) electrons. The van der Waals surface area contributed by atoms with Crippen molar-refractivity contribution in [3.05, 3.63) is 75.1 Å². The molecular formula is C22H18N4O3. The molecule has 1 heterocycles. The van der Waals surface area contributed by atoms with Crippen LogP contribution in [0, 0.1) is 29.6 Å². The van der Waals surface area contributed by atoms with Crippen LogP contribution < -0.4 is 20.8 Å². The maximum Gasteiger partial charge on any atom is 0.268 e. The predicted octanol–water partition coefficient (Wildman–Crippen LogP) is 3.26. The monoisotopic (exact) mass is 386 g/mol. The number of nitriles is 2. The van der Waals surface area contributed by atoms with Gasteiger partial charge >= 0.3 is 0 Å². The summed E-state index contributed by atoms with van der Waals surface area (Å²) in [7, 11) is 1.54. The number of nitrogens with two attached hydrogens (primary N) is 1. The molecule has 0 spiro atoms. The lowest BCUT2D eigenvalue weighted by Crippen LogP contribution is -2.16. The molecular weight excluding hydrogens is 368 g/mol. The van der Waals surface area contributed by atoms with Crippen molar-refractivity contribution >= 4 is 5.82 Å². The van der Waals surface area contributed by atoms with Crippen LogP contribution in [-0.4, -0.2) is 12.1 Å². The average Bonchev–Trinajstić information content (AvgIpc) is 2.72. The number of nitrogens with zero attached hydrogens (tertiary/aromatic N) is 2. The SMILES string of the molecule is COc1ccc(-c2c(C#N)c(N)[nH]c(=O)c2C#N)cc1COc1ccc(C)cc1. The normalized spacial score (nSPS) is 10.1. The van der Waals surface area contributed by atoms with Gasteiger partial charge in [-0.05, 0) is 36.8 Å². The first-order valence-electron chi connectivity index (χ1n) is 8.71. The standard InChI is InChI=1S/C22H18N4O3/c1-13-3-6-16(7-4-13)29-12-15-9-14(5-8-19(15)28-2)20-17(10-23)21(25)26-22(27)18(20)11-24/h3-9H,12H2,1-2H3,(H3,25,26,27). The summed E-state index contributed by atoms with van der Waals surface area (Å²) in [4.78, 5) is 14.5. The quantitative estimate of drug-likeness (QED) is 0.693. The van der Waals surface area contributed by atoms with E-state index in [1.165, 1.54) is 7.11 Å². The molecule has 144 valence electrons. The summed E-state index contributed by atoms with van der Waals surface area (Å²) in [6.45, 7) is 2.19. The third-order valence-corrected chi connectivity index (χ3v) is 4.45. The number of hydrogen-bond acceptors (Lipinski definition) is 6. The highest BCUT2D eigenvalue weighted by atomic mass is 16.5. The van der Waals surface area contributed by atoms with Gasteiger partial charge < -0.3 is 20.2 Å². The first-order chi connectivity index (χ1) is 14.0. The molecule has 0 atom stereocenters. The van der Waals surface area contributed by atoms with Crippen molar-refractivity contribution < 1.29 is 9.47 Å². The van der Waals surface area contributed by atoms with Crippen molar-refractivity contribution in [3.63, 3.8) is 0 Å². The fourth-order valence-corrected chi connectivity index (χ4v) is 2.97. The van der Waals surface area contributed by atoms with Gasteiger partial charge in [0.05, 0.1) is 7.11 Å². The van der Waals surface area contributed by atoms with Gasteiger partial charge in [0, 0.05) is 11.1 Å². The molecule has 3 aromatic rings. The molecule has 0 amide bonds. The molecule has 0 saturated carbocycles. The fourth-order valence-electron chi connectivity index (χ4n) is 2.97. The van der Waals surface area contributed by atoms with Crippen molar-refractivity contribution in [2.75, 3.05) is 12.8 Å². The topological polar surface area (TPSA) is 125 Å². The highest BCUT2D eigenvalue weighted by molar-refractivity contribution is 5.80. The maximum absolute atomic E-state index is 12.2. The van der Waals surface area contributed by atoms with E-state index >= 15 is 0 Å². The summed E-state index contributed by atoms with van der Waals surface area (Å²) >= 11 is 0. The number of aryl methyl sites for hydroxylation is 1. The lowest BCUT2D eigenvalue weighted by Gasteiger charge is -2.14. The Hall–Kier alpha value is -4.23. The lowest BCUT2D eigenvalue weighted by atomic mass is 9.95. The fraction of sp³-hybridized carbons (Fsp3) is 0.136. The molecule has 0 bridgehead atoms. The number of aromatic amines is 1. The number of methoxy groups -OCH3 is 1. The van der Waals surface area contributed by atoms with Crippen LogP contribution in [0.15, 0.2) is 47.3 Å². The predicted molar refractivity (Wildman–Crippen MR) is 108 cm³/mol. The van der Waals surface area contributed by atoms with Crippen LogP contribution in [0.25, 0.3) is 11.1 Å². The Morgan fingerprint density at radius 3 is 2.38 bits per heavy atom. The van der Waals surface area contributed by atoms with Crippen LogP contribution in [-0.2, 0) is 6.61 Å². The third kappa shape index (κ3) is 3.90. The van der Waals surface area contributed by atoms with E-state index in [4.69, 9.17) is 15.2 Å². The Morgan fingerprint density at radius 2 is 1.76 bits per heavy atom. The van der Waals surface area contributed by atoms with Gasteiger partial charge in [0.15, 0.2) is 0 Å². The molecule has 29 heavy (non-hydrogen) atoms. The Kier molecular flexibility index (Phi) is 5.52. The van der Waals surface area contributed by atoms with Crippen LogP contribution in [0.2, 0.25) is 0 Å². The number of pyridine rings is 1. The van der Waals surface area contributed by atoms with Crippen molar-refractivity contribution in [1.82, 2.24) is 4.98 Å². The van der Waals surface area contributed by atoms with Gasteiger partial charge in [-0.2, -0.15) is 10.5 Å². The highest BCUT2D eigenvalue weighted by Crippen LogP contribution is 2.32. The van der Waals surface area contributed by atoms with E-state index in [9.17, 15) is 15.3 Å². The number of nitrogen functional groups attached to an aromatic ring is 1. The zero-order valence-electron chi connectivity index (χ0n) is 15.9. The zero-order chi connectivity index (χ0) is 21.0. The Morgan fingerprint density at radius 1 is 1.07 bits per heavy atom. The van der Waals surface area contributed by atoms with Crippen molar-refractivity contribution in [2.24, 2.45) is 0 Å². The third-order valence-electron chi connectivity index (χ3n) is 4.45. The first-order valence-corrected chi connectivity index (χ1v) is 8.71. The van der Waals surface area contributed by atoms with E-state index in [-0.39, 0.29) is 29.1 Å². The van der Waals surface area contributed by atoms with Crippen molar-refractivity contribution in [3.8, 4) is 34.8 Å². The van der Waals surface area contributed by atoms with Crippen molar-refractivity contribution in [2.45, 2.75) is 13.5 Å². The van der Waals surface area contributed by atoms with Gasteiger partial charge in [0.2, 0.25) is 0 Å². The largest absolute Gasteiger partial charge is 0.496 e. The number of hydrogen-bond donors (Lipinski definition) is 2. The van der Waals surface area contributed by atoms with E-state index < -0.39 is 5.56 Å². The van der Waals surface area contributed by atoms with Crippen LogP contribution >= 0.6 is 0 Å². The van der Waals surface area contributed by atoms with Crippen LogP contribution in [0.3, 0.4) is 0 Å². The second kappa shape index (κ2) is 8.20. The number of rotatable bonds is 5. The molecule has 0 unspecified atom stereocenters. The van der Waals surface area contributed by atoms with Gasteiger partial charge in [-0.15, -0.1) is 0 Å². The molecule has 0 saturated heterocycles. The first kappa shape index (κ1) is 19.5. The summed E-state index contributed by atoms with van der Waals surface area (Å²) in [6.07, 6.45) is 0. The molecule has 0 aliphatic heterocycles. The molecule has 0 aliphatic rings. The van der Waals surface area contributed by atoms with Gasteiger partial charge in [0.25, 0.3) is 5.56 Å². The van der Waals surface area contributed by atoms with E-state index in [1.54, 1.807) is 18.2 Å². The molecule has 3 N–H and O–H groups in total. The van der Waals surface area contributed by atoms with Gasteiger partial charge in [-0.25, -0.2) is 0 Å². The molecule has 3 rings (SSSR count). The molecule has 1 aromatic heterocycles. The number of ether oxygens (including phenoxy) is 2. The average molecular weight is 386 g/mol. The second-order valence-corrected chi connectivity index (χ2v) is 6.34.